The number of aromatic nitrogens is 2. The largest absolute Gasteiger partial charge is 0.383 e. The van der Waals surface area contributed by atoms with Crippen molar-refractivity contribution in [3.8, 4) is 0 Å². The van der Waals surface area contributed by atoms with Crippen LogP contribution in [0.3, 0.4) is 0 Å². The molecule has 6 nitrogen and oxygen atoms in total. The predicted octanol–water partition coefficient (Wildman–Crippen LogP) is 1.94. The molecule has 1 aromatic carbocycles. The number of carbonyl (C=O) groups is 1. The number of carbonyl (C=O) groups excluding carboxylic acids is 1. The van der Waals surface area contributed by atoms with Crippen LogP contribution < -0.4 is 10.2 Å². The third kappa shape index (κ3) is 3.48. The number of amides is 1. The van der Waals surface area contributed by atoms with E-state index in [4.69, 9.17) is 4.74 Å². The molecular weight excluding hydrogens is 292 g/mol. The highest BCUT2D eigenvalue weighted by molar-refractivity contribution is 5.92. The third-order valence-electron chi connectivity index (χ3n) is 3.82. The summed E-state index contributed by atoms with van der Waals surface area (Å²) in [6.45, 7) is 1.79. The lowest BCUT2D eigenvalue weighted by Gasteiger charge is -2.29. The van der Waals surface area contributed by atoms with Gasteiger partial charge in [-0.1, -0.05) is 18.2 Å². The first-order valence-electron chi connectivity index (χ1n) is 7.75. The smallest absolute Gasteiger partial charge is 0.270 e. The molecule has 3 rings (SSSR count). The zero-order valence-corrected chi connectivity index (χ0v) is 13.2. The van der Waals surface area contributed by atoms with E-state index < -0.39 is 0 Å². The average Bonchev–Trinajstić information content (AvgIpc) is 2.61. The average molecular weight is 312 g/mol. The van der Waals surface area contributed by atoms with Gasteiger partial charge in [-0.2, -0.15) is 0 Å². The maximum absolute atomic E-state index is 12.1. The second-order valence-corrected chi connectivity index (χ2v) is 5.37. The minimum Gasteiger partial charge on any atom is -0.383 e. The molecule has 1 aliphatic heterocycles. The summed E-state index contributed by atoms with van der Waals surface area (Å²) in [6.07, 6.45) is 3.74. The number of benzene rings is 1. The first-order valence-corrected chi connectivity index (χ1v) is 7.75. The Morgan fingerprint density at radius 2 is 2.22 bits per heavy atom. The van der Waals surface area contributed by atoms with Crippen molar-refractivity contribution in [1.29, 1.82) is 0 Å². The lowest BCUT2D eigenvalue weighted by Crippen LogP contribution is -2.30. The van der Waals surface area contributed by atoms with Crippen LogP contribution in [0.2, 0.25) is 0 Å². The fourth-order valence-corrected chi connectivity index (χ4v) is 2.70. The molecule has 0 saturated carbocycles. The van der Waals surface area contributed by atoms with Gasteiger partial charge in [0.15, 0.2) is 0 Å². The first kappa shape index (κ1) is 15.4. The van der Waals surface area contributed by atoms with Crippen LogP contribution in [0, 0.1) is 0 Å². The standard InChI is InChI=1S/C17H20N4O2/c1-23-12-10-18-16(22)14-8-9-19-17(20-14)21-11-4-6-13-5-2-3-7-15(13)21/h2-3,5,7-9H,4,6,10-12H2,1H3,(H,18,22). The number of anilines is 2. The fourth-order valence-electron chi connectivity index (χ4n) is 2.70. The van der Waals surface area contributed by atoms with Crippen LogP contribution in [0.15, 0.2) is 36.5 Å². The minimum atomic E-state index is -0.212. The topological polar surface area (TPSA) is 67.3 Å². The highest BCUT2D eigenvalue weighted by atomic mass is 16.5. The van der Waals surface area contributed by atoms with E-state index in [1.54, 1.807) is 19.4 Å². The van der Waals surface area contributed by atoms with Crippen LogP contribution >= 0.6 is 0 Å². The number of hydrogen-bond donors (Lipinski definition) is 1. The summed E-state index contributed by atoms with van der Waals surface area (Å²) in [5.41, 5.74) is 2.78. The summed E-state index contributed by atoms with van der Waals surface area (Å²) >= 11 is 0. The number of para-hydroxylation sites is 1. The van der Waals surface area contributed by atoms with Crippen LogP contribution in [0.1, 0.15) is 22.5 Å². The molecular formula is C17H20N4O2. The number of rotatable bonds is 5. The molecule has 1 amide bonds. The van der Waals surface area contributed by atoms with Crippen molar-refractivity contribution in [3.63, 3.8) is 0 Å². The summed E-state index contributed by atoms with van der Waals surface area (Å²) in [6, 6.07) is 9.88. The number of hydrogen-bond acceptors (Lipinski definition) is 5. The molecule has 6 heteroatoms. The lowest BCUT2D eigenvalue weighted by atomic mass is 10.0. The first-order chi connectivity index (χ1) is 11.3. The Balaban J connectivity index is 1.82. The minimum absolute atomic E-state index is 0.212. The van der Waals surface area contributed by atoms with E-state index in [2.05, 4.69) is 32.3 Å². The molecule has 2 aromatic rings. The van der Waals surface area contributed by atoms with Crippen molar-refractivity contribution in [1.82, 2.24) is 15.3 Å². The monoisotopic (exact) mass is 312 g/mol. The molecule has 2 heterocycles. The maximum atomic E-state index is 12.1. The molecule has 1 N–H and O–H groups in total. The van der Waals surface area contributed by atoms with Crippen LogP contribution in [-0.4, -0.2) is 42.7 Å². The van der Waals surface area contributed by atoms with Gasteiger partial charge in [0.1, 0.15) is 5.69 Å². The summed E-state index contributed by atoms with van der Waals surface area (Å²) < 4.78 is 4.93. The van der Waals surface area contributed by atoms with E-state index >= 15 is 0 Å². The van der Waals surface area contributed by atoms with E-state index in [9.17, 15) is 4.79 Å². The van der Waals surface area contributed by atoms with Gasteiger partial charge in [-0.15, -0.1) is 0 Å². The molecule has 120 valence electrons. The number of nitrogens with one attached hydrogen (secondary N) is 1. The molecule has 0 unspecified atom stereocenters. The van der Waals surface area contributed by atoms with Crippen molar-refractivity contribution in [2.45, 2.75) is 12.8 Å². The molecule has 0 saturated heterocycles. The number of nitrogens with zero attached hydrogens (tertiary/aromatic N) is 3. The second kappa shape index (κ2) is 7.19. The van der Waals surface area contributed by atoms with Gasteiger partial charge < -0.3 is 15.0 Å². The zero-order chi connectivity index (χ0) is 16.1. The van der Waals surface area contributed by atoms with Crippen LogP contribution in [0.25, 0.3) is 0 Å². The molecule has 0 radical (unpaired) electrons. The van der Waals surface area contributed by atoms with Gasteiger partial charge in [-0.25, -0.2) is 9.97 Å². The van der Waals surface area contributed by atoms with Gasteiger partial charge in [0, 0.05) is 32.1 Å². The van der Waals surface area contributed by atoms with Gasteiger partial charge in [-0.3, -0.25) is 4.79 Å². The lowest BCUT2D eigenvalue weighted by molar-refractivity contribution is 0.0932. The molecule has 0 bridgehead atoms. The van der Waals surface area contributed by atoms with Crippen LogP contribution in [0.4, 0.5) is 11.6 Å². The normalized spacial score (nSPS) is 13.5. The van der Waals surface area contributed by atoms with E-state index in [1.807, 2.05) is 12.1 Å². The molecule has 23 heavy (non-hydrogen) atoms. The Kier molecular flexibility index (Phi) is 4.83. The van der Waals surface area contributed by atoms with Crippen molar-refractivity contribution in [2.24, 2.45) is 0 Å². The van der Waals surface area contributed by atoms with Gasteiger partial charge in [0.05, 0.1) is 6.61 Å². The van der Waals surface area contributed by atoms with E-state index in [0.29, 0.717) is 24.8 Å². The Morgan fingerprint density at radius 1 is 1.35 bits per heavy atom. The maximum Gasteiger partial charge on any atom is 0.270 e. The van der Waals surface area contributed by atoms with Gasteiger partial charge in [0.2, 0.25) is 5.95 Å². The van der Waals surface area contributed by atoms with Crippen LogP contribution in [0.5, 0.6) is 0 Å². The summed E-state index contributed by atoms with van der Waals surface area (Å²) in [5.74, 6) is 0.354. The Bertz CT molecular complexity index is 690. The second-order valence-electron chi connectivity index (χ2n) is 5.37. The fraction of sp³-hybridized carbons (Fsp3) is 0.353. The quantitative estimate of drug-likeness (QED) is 0.855. The van der Waals surface area contributed by atoms with Gasteiger partial charge in [-0.05, 0) is 30.5 Å². The van der Waals surface area contributed by atoms with Crippen molar-refractivity contribution in [3.05, 3.63) is 47.8 Å². The summed E-state index contributed by atoms with van der Waals surface area (Å²) in [7, 11) is 1.60. The Hall–Kier alpha value is -2.47. The van der Waals surface area contributed by atoms with E-state index in [-0.39, 0.29) is 5.91 Å². The van der Waals surface area contributed by atoms with E-state index in [0.717, 1.165) is 25.1 Å². The number of ether oxygens (including phenoxy) is 1. The molecule has 0 atom stereocenters. The van der Waals surface area contributed by atoms with Crippen molar-refractivity contribution < 1.29 is 9.53 Å². The number of aryl methyl sites for hydroxylation is 1. The molecule has 1 aliphatic rings. The molecule has 1 aromatic heterocycles. The van der Waals surface area contributed by atoms with Crippen molar-refractivity contribution in [2.75, 3.05) is 31.7 Å². The van der Waals surface area contributed by atoms with E-state index in [1.165, 1.54) is 5.56 Å². The van der Waals surface area contributed by atoms with Crippen LogP contribution in [-0.2, 0) is 11.2 Å². The predicted molar refractivity (Wildman–Crippen MR) is 88.0 cm³/mol. The van der Waals surface area contributed by atoms with Gasteiger partial charge >= 0.3 is 0 Å². The summed E-state index contributed by atoms with van der Waals surface area (Å²) in [5, 5.41) is 2.78. The zero-order valence-electron chi connectivity index (χ0n) is 13.2. The molecule has 0 aliphatic carbocycles. The number of fused-ring (bicyclic) bond motifs is 1. The highest BCUT2D eigenvalue weighted by Crippen LogP contribution is 2.31. The Labute approximate surface area is 135 Å². The SMILES string of the molecule is COCCNC(=O)c1ccnc(N2CCCc3ccccc32)n1. The molecule has 0 spiro atoms. The summed E-state index contributed by atoms with van der Waals surface area (Å²) in [4.78, 5) is 23.0. The number of methoxy groups -OCH3 is 1. The third-order valence-corrected chi connectivity index (χ3v) is 3.82. The van der Waals surface area contributed by atoms with Crippen molar-refractivity contribution >= 4 is 17.5 Å². The Morgan fingerprint density at radius 3 is 3.09 bits per heavy atom. The van der Waals surface area contributed by atoms with Gasteiger partial charge in [0.25, 0.3) is 5.91 Å². The molecule has 0 fully saturated rings. The highest BCUT2D eigenvalue weighted by Gasteiger charge is 2.20.